The lowest BCUT2D eigenvalue weighted by atomic mass is 10.0. The lowest BCUT2D eigenvalue weighted by Gasteiger charge is -2.06. The third-order valence-corrected chi connectivity index (χ3v) is 3.38. The minimum Gasteiger partial charge on any atom is -0.307 e. The molecule has 0 aliphatic rings. The molecule has 23 heavy (non-hydrogen) atoms. The van der Waals surface area contributed by atoms with E-state index in [-0.39, 0.29) is 22.9 Å². The summed E-state index contributed by atoms with van der Waals surface area (Å²) in [7, 11) is 0. The molecule has 1 heterocycles. The zero-order valence-corrected chi connectivity index (χ0v) is 14.4. The first-order valence-corrected chi connectivity index (χ1v) is 7.13. The fraction of sp³-hybridized carbons (Fsp3) is 0.0526. The van der Waals surface area contributed by atoms with Gasteiger partial charge < -0.3 is 5.32 Å². The number of anilines is 1. The van der Waals surface area contributed by atoms with Crippen LogP contribution >= 0.6 is 17.0 Å². The van der Waals surface area contributed by atoms with Crippen molar-refractivity contribution in [2.75, 3.05) is 5.32 Å². The van der Waals surface area contributed by atoms with Crippen LogP contribution in [0.15, 0.2) is 72.8 Å². The van der Waals surface area contributed by atoms with E-state index in [0.717, 1.165) is 16.8 Å². The second-order valence-electron chi connectivity index (χ2n) is 5.06. The summed E-state index contributed by atoms with van der Waals surface area (Å²) < 4.78 is 0. The Kier molecular flexibility index (Phi) is 5.66. The van der Waals surface area contributed by atoms with Gasteiger partial charge >= 0.3 is 0 Å². The first-order chi connectivity index (χ1) is 10.7. The van der Waals surface area contributed by atoms with Crippen LogP contribution in [0, 0.1) is 6.92 Å². The molecule has 2 aromatic carbocycles. The van der Waals surface area contributed by atoms with Crippen molar-refractivity contribution in [2.24, 2.45) is 0 Å². The Hall–Kier alpha value is -2.46. The first-order valence-electron chi connectivity index (χ1n) is 7.13. The van der Waals surface area contributed by atoms with Gasteiger partial charge in [-0.15, -0.1) is 17.0 Å². The summed E-state index contributed by atoms with van der Waals surface area (Å²) >= 11 is 0. The molecule has 3 rings (SSSR count). The molecule has 116 valence electrons. The van der Waals surface area contributed by atoms with Gasteiger partial charge in [-0.2, -0.15) is 0 Å². The molecule has 0 atom stereocenters. The van der Waals surface area contributed by atoms with Gasteiger partial charge in [0.1, 0.15) is 5.82 Å². The molecule has 0 aliphatic carbocycles. The van der Waals surface area contributed by atoms with Gasteiger partial charge in [0, 0.05) is 11.3 Å². The van der Waals surface area contributed by atoms with Crippen molar-refractivity contribution in [2.45, 2.75) is 6.92 Å². The zero-order chi connectivity index (χ0) is 15.4. The molecule has 1 amide bonds. The lowest BCUT2D eigenvalue weighted by Crippen LogP contribution is -2.12. The molecule has 0 saturated carbocycles. The van der Waals surface area contributed by atoms with E-state index in [4.69, 9.17) is 0 Å². The van der Waals surface area contributed by atoms with Crippen molar-refractivity contribution in [3.8, 4) is 11.1 Å². The molecule has 0 bridgehead atoms. The smallest absolute Gasteiger partial charge is 0.256 e. The fourth-order valence-corrected chi connectivity index (χ4v) is 2.25. The topological polar surface area (TPSA) is 42.0 Å². The Morgan fingerprint density at radius 2 is 1.48 bits per heavy atom. The van der Waals surface area contributed by atoms with Crippen LogP contribution in [0.5, 0.6) is 0 Å². The van der Waals surface area contributed by atoms with Gasteiger partial charge in [0.05, 0.1) is 0 Å². The van der Waals surface area contributed by atoms with E-state index in [1.54, 1.807) is 6.07 Å². The molecule has 0 aliphatic heterocycles. The summed E-state index contributed by atoms with van der Waals surface area (Å²) in [5.74, 6) is 0.412. The number of hydrogen-bond donors (Lipinski definition) is 1. The molecule has 1 aromatic heterocycles. The highest BCUT2D eigenvalue weighted by molar-refractivity contribution is 8.93. The molecule has 3 nitrogen and oxygen atoms in total. The quantitative estimate of drug-likeness (QED) is 0.715. The van der Waals surface area contributed by atoms with Crippen molar-refractivity contribution < 1.29 is 4.79 Å². The molecule has 0 fully saturated rings. The van der Waals surface area contributed by atoms with Crippen LogP contribution in [0.25, 0.3) is 11.1 Å². The average Bonchev–Trinajstić information content (AvgIpc) is 2.56. The van der Waals surface area contributed by atoms with E-state index in [2.05, 4.69) is 10.3 Å². The maximum absolute atomic E-state index is 12.2. The van der Waals surface area contributed by atoms with Crippen molar-refractivity contribution in [1.29, 1.82) is 0 Å². The van der Waals surface area contributed by atoms with Gasteiger partial charge in [-0.05, 0) is 42.3 Å². The Balaban J connectivity index is 0.00000192. The maximum Gasteiger partial charge on any atom is 0.256 e. The predicted octanol–water partition coefficient (Wildman–Crippen LogP) is 4.89. The van der Waals surface area contributed by atoms with Crippen molar-refractivity contribution >= 4 is 28.7 Å². The highest BCUT2D eigenvalue weighted by Gasteiger charge is 2.07. The SMILES string of the molecule is Br.Cc1cccc(NC(=O)c2ccc(-c3ccccc3)cc2)n1. The number of carbonyl (C=O) groups is 1. The van der Waals surface area contributed by atoms with E-state index in [1.165, 1.54) is 0 Å². The van der Waals surface area contributed by atoms with E-state index in [9.17, 15) is 4.79 Å². The highest BCUT2D eigenvalue weighted by Crippen LogP contribution is 2.19. The molecule has 0 unspecified atom stereocenters. The van der Waals surface area contributed by atoms with Crippen molar-refractivity contribution in [3.63, 3.8) is 0 Å². The van der Waals surface area contributed by atoms with Crippen LogP contribution in [0.3, 0.4) is 0 Å². The summed E-state index contributed by atoms with van der Waals surface area (Å²) in [5.41, 5.74) is 3.71. The summed E-state index contributed by atoms with van der Waals surface area (Å²) in [5, 5.41) is 2.81. The maximum atomic E-state index is 12.2. The zero-order valence-electron chi connectivity index (χ0n) is 12.7. The van der Waals surface area contributed by atoms with Crippen LogP contribution in [0.2, 0.25) is 0 Å². The fourth-order valence-electron chi connectivity index (χ4n) is 2.25. The second-order valence-corrected chi connectivity index (χ2v) is 5.06. The Morgan fingerprint density at radius 1 is 0.826 bits per heavy atom. The Labute approximate surface area is 146 Å². The summed E-state index contributed by atoms with van der Waals surface area (Å²) in [6.07, 6.45) is 0. The number of hydrogen-bond acceptors (Lipinski definition) is 2. The number of rotatable bonds is 3. The van der Waals surface area contributed by atoms with Gasteiger partial charge in [0.25, 0.3) is 5.91 Å². The molecular weight excluding hydrogens is 352 g/mol. The third-order valence-electron chi connectivity index (χ3n) is 3.38. The minimum absolute atomic E-state index is 0. The summed E-state index contributed by atoms with van der Waals surface area (Å²) in [4.78, 5) is 16.5. The number of halogens is 1. The average molecular weight is 369 g/mol. The number of aromatic nitrogens is 1. The van der Waals surface area contributed by atoms with Gasteiger partial charge in [0.15, 0.2) is 0 Å². The minimum atomic E-state index is -0.155. The summed E-state index contributed by atoms with van der Waals surface area (Å²) in [6.45, 7) is 1.89. The third kappa shape index (κ3) is 4.27. The van der Waals surface area contributed by atoms with E-state index in [1.807, 2.05) is 73.7 Å². The van der Waals surface area contributed by atoms with E-state index in [0.29, 0.717) is 11.4 Å². The van der Waals surface area contributed by atoms with Gasteiger partial charge in [-0.3, -0.25) is 4.79 Å². The van der Waals surface area contributed by atoms with E-state index < -0.39 is 0 Å². The molecule has 0 spiro atoms. The molecular formula is C19H17BrN2O. The van der Waals surface area contributed by atoms with E-state index >= 15 is 0 Å². The molecule has 4 heteroatoms. The number of pyridine rings is 1. The number of amides is 1. The van der Waals surface area contributed by atoms with Crippen molar-refractivity contribution in [1.82, 2.24) is 4.98 Å². The second kappa shape index (κ2) is 7.70. The van der Waals surface area contributed by atoms with Crippen LogP contribution < -0.4 is 5.32 Å². The van der Waals surface area contributed by atoms with Crippen LogP contribution in [-0.4, -0.2) is 10.9 Å². The monoisotopic (exact) mass is 368 g/mol. The molecule has 0 saturated heterocycles. The first kappa shape index (κ1) is 16.9. The van der Waals surface area contributed by atoms with Crippen LogP contribution in [0.4, 0.5) is 5.82 Å². The van der Waals surface area contributed by atoms with Gasteiger partial charge in [-0.1, -0.05) is 48.5 Å². The molecule has 1 N–H and O–H groups in total. The number of nitrogens with one attached hydrogen (secondary N) is 1. The van der Waals surface area contributed by atoms with Crippen molar-refractivity contribution in [3.05, 3.63) is 84.1 Å². The lowest BCUT2D eigenvalue weighted by molar-refractivity contribution is 0.102. The van der Waals surface area contributed by atoms with Crippen LogP contribution in [-0.2, 0) is 0 Å². The largest absolute Gasteiger partial charge is 0.307 e. The Bertz CT molecular complexity index is 786. The van der Waals surface area contributed by atoms with Gasteiger partial charge in [0.2, 0.25) is 0 Å². The molecule has 3 aromatic rings. The summed E-state index contributed by atoms with van der Waals surface area (Å²) in [6, 6.07) is 23.2. The number of carbonyl (C=O) groups excluding carboxylic acids is 1. The predicted molar refractivity (Wildman–Crippen MR) is 99.1 cm³/mol. The normalized spacial score (nSPS) is 9.78. The number of benzene rings is 2. The number of nitrogens with zero attached hydrogens (tertiary/aromatic N) is 1. The molecule has 0 radical (unpaired) electrons. The van der Waals surface area contributed by atoms with Gasteiger partial charge in [-0.25, -0.2) is 4.98 Å². The number of aryl methyl sites for hydroxylation is 1. The standard InChI is InChI=1S/C19H16N2O.BrH/c1-14-6-5-9-18(20-14)21-19(22)17-12-10-16(11-13-17)15-7-3-2-4-8-15;/h2-13H,1H3,(H,20,21,22);1H. The van der Waals surface area contributed by atoms with Crippen LogP contribution in [0.1, 0.15) is 16.1 Å². The highest BCUT2D eigenvalue weighted by atomic mass is 79.9. The Morgan fingerprint density at radius 3 is 2.13 bits per heavy atom.